The van der Waals surface area contributed by atoms with Crippen molar-refractivity contribution in [3.05, 3.63) is 12.4 Å². The van der Waals surface area contributed by atoms with Gasteiger partial charge in [0.1, 0.15) is 0 Å². The molecular weight excluding hydrogens is 284 g/mol. The Balaban J connectivity index is 0.000000847. The van der Waals surface area contributed by atoms with Gasteiger partial charge in [0.2, 0.25) is 17.8 Å². The second-order valence-electron chi connectivity index (χ2n) is 4.25. The Labute approximate surface area is 128 Å². The van der Waals surface area contributed by atoms with Crippen molar-refractivity contribution in [1.29, 1.82) is 0 Å². The molecule has 0 aromatic carbocycles. The van der Waals surface area contributed by atoms with Gasteiger partial charge in [0.15, 0.2) is 5.82 Å². The van der Waals surface area contributed by atoms with Crippen molar-refractivity contribution in [2.24, 2.45) is 0 Å². The number of nitrogens with zero attached hydrogens (tertiary/aromatic N) is 6. The zero-order valence-corrected chi connectivity index (χ0v) is 12.7. The minimum atomic E-state index is 0.160. The van der Waals surface area contributed by atoms with E-state index < -0.39 is 0 Å². The number of nitrogens with two attached hydrogens (primary N) is 2. The largest absolute Gasteiger partial charge is 0.378 e. The highest BCUT2D eigenvalue weighted by Crippen LogP contribution is 2.18. The predicted octanol–water partition coefficient (Wildman–Crippen LogP) is 0.356. The van der Waals surface area contributed by atoms with E-state index in [0.717, 1.165) is 13.1 Å². The second kappa shape index (κ2) is 7.46. The van der Waals surface area contributed by atoms with Crippen LogP contribution in [0.1, 0.15) is 13.8 Å². The Hall–Kier alpha value is -2.55. The van der Waals surface area contributed by atoms with Gasteiger partial charge < -0.3 is 21.1 Å². The van der Waals surface area contributed by atoms with E-state index in [1.54, 1.807) is 12.4 Å². The predicted molar refractivity (Wildman–Crippen MR) is 84.1 cm³/mol. The van der Waals surface area contributed by atoms with Crippen molar-refractivity contribution in [3.8, 4) is 11.4 Å². The third-order valence-electron chi connectivity index (χ3n) is 2.86. The van der Waals surface area contributed by atoms with Crippen molar-refractivity contribution in [2.45, 2.75) is 13.8 Å². The molecule has 1 aliphatic heterocycles. The van der Waals surface area contributed by atoms with Crippen LogP contribution in [0.25, 0.3) is 11.4 Å². The third-order valence-corrected chi connectivity index (χ3v) is 2.86. The summed E-state index contributed by atoms with van der Waals surface area (Å²) in [6.45, 7) is 6.74. The maximum absolute atomic E-state index is 5.75. The summed E-state index contributed by atoms with van der Waals surface area (Å²) in [5, 5.41) is 0. The van der Waals surface area contributed by atoms with Gasteiger partial charge in [0.25, 0.3) is 0 Å². The van der Waals surface area contributed by atoms with Crippen molar-refractivity contribution in [2.75, 3.05) is 42.7 Å². The van der Waals surface area contributed by atoms with Gasteiger partial charge in [-0.2, -0.15) is 15.0 Å². The highest BCUT2D eigenvalue weighted by atomic mass is 16.5. The molecule has 0 atom stereocenters. The molecule has 0 spiro atoms. The summed E-state index contributed by atoms with van der Waals surface area (Å²) in [6, 6.07) is 0. The number of rotatable bonds is 2. The standard InChI is InChI=1S/C11H14N8O.C2H6/c12-9-14-5-7(6-15-9)8-16-10(13)18-11(17-8)19-1-3-20-4-2-19;1-2/h5-6H,1-4H2,(H2,12,14,15)(H2,13,16,17,18);1-2H3. The molecule has 2 aromatic rings. The lowest BCUT2D eigenvalue weighted by atomic mass is 10.3. The van der Waals surface area contributed by atoms with Gasteiger partial charge in [-0.05, 0) is 0 Å². The topological polar surface area (TPSA) is 129 Å². The van der Waals surface area contributed by atoms with Gasteiger partial charge in [-0.1, -0.05) is 13.8 Å². The van der Waals surface area contributed by atoms with Crippen LogP contribution in [0.5, 0.6) is 0 Å². The number of nitrogen functional groups attached to an aromatic ring is 2. The van der Waals surface area contributed by atoms with E-state index in [0.29, 0.717) is 30.5 Å². The zero-order valence-electron chi connectivity index (χ0n) is 12.7. The Kier molecular flexibility index (Phi) is 5.37. The van der Waals surface area contributed by atoms with Crippen LogP contribution in [0.2, 0.25) is 0 Å². The third kappa shape index (κ3) is 3.76. The molecule has 0 bridgehead atoms. The van der Waals surface area contributed by atoms with Crippen LogP contribution in [0, 0.1) is 0 Å². The summed E-state index contributed by atoms with van der Waals surface area (Å²) in [5.41, 5.74) is 11.8. The fourth-order valence-electron chi connectivity index (χ4n) is 1.87. The number of ether oxygens (including phenoxy) is 1. The van der Waals surface area contributed by atoms with Gasteiger partial charge in [-0.15, -0.1) is 0 Å². The molecule has 1 saturated heterocycles. The maximum Gasteiger partial charge on any atom is 0.230 e. The SMILES string of the molecule is CC.Nc1ncc(-c2nc(N)nc(N3CCOCC3)n2)cn1. The lowest BCUT2D eigenvalue weighted by Gasteiger charge is -2.26. The molecule has 9 nitrogen and oxygen atoms in total. The molecule has 0 saturated carbocycles. The first kappa shape index (κ1) is 15.8. The van der Waals surface area contributed by atoms with Gasteiger partial charge in [0.05, 0.1) is 18.8 Å². The van der Waals surface area contributed by atoms with Crippen LogP contribution in [-0.2, 0) is 4.74 Å². The van der Waals surface area contributed by atoms with Gasteiger partial charge >= 0.3 is 0 Å². The second-order valence-corrected chi connectivity index (χ2v) is 4.25. The lowest BCUT2D eigenvalue weighted by molar-refractivity contribution is 0.122. The fourth-order valence-corrected chi connectivity index (χ4v) is 1.87. The van der Waals surface area contributed by atoms with E-state index in [1.165, 1.54) is 0 Å². The normalized spacial score (nSPS) is 14.2. The van der Waals surface area contributed by atoms with Crippen LogP contribution in [0.15, 0.2) is 12.4 Å². The molecule has 118 valence electrons. The molecule has 0 radical (unpaired) electrons. The molecule has 4 N–H and O–H groups in total. The Morgan fingerprint density at radius 1 is 0.955 bits per heavy atom. The van der Waals surface area contributed by atoms with Gasteiger partial charge in [-0.3, -0.25) is 0 Å². The molecule has 2 aromatic heterocycles. The summed E-state index contributed by atoms with van der Waals surface area (Å²) in [7, 11) is 0. The Bertz CT molecular complexity index is 597. The lowest BCUT2D eigenvalue weighted by Crippen LogP contribution is -2.37. The van der Waals surface area contributed by atoms with Crippen molar-refractivity contribution < 1.29 is 4.74 Å². The van der Waals surface area contributed by atoms with E-state index in [-0.39, 0.29) is 11.9 Å². The summed E-state index contributed by atoms with van der Waals surface area (Å²) in [6.07, 6.45) is 3.11. The molecule has 3 rings (SSSR count). The smallest absolute Gasteiger partial charge is 0.230 e. The van der Waals surface area contributed by atoms with E-state index >= 15 is 0 Å². The molecule has 0 unspecified atom stereocenters. The molecule has 1 aliphatic rings. The minimum absolute atomic E-state index is 0.160. The Morgan fingerprint density at radius 3 is 2.23 bits per heavy atom. The van der Waals surface area contributed by atoms with Gasteiger partial charge in [-0.25, -0.2) is 9.97 Å². The summed E-state index contributed by atoms with van der Waals surface area (Å²) >= 11 is 0. The number of hydrogen-bond acceptors (Lipinski definition) is 9. The number of anilines is 3. The fraction of sp³-hybridized carbons (Fsp3) is 0.462. The van der Waals surface area contributed by atoms with Crippen LogP contribution < -0.4 is 16.4 Å². The highest BCUT2D eigenvalue weighted by molar-refractivity contribution is 5.56. The van der Waals surface area contributed by atoms with E-state index in [2.05, 4.69) is 24.9 Å². The summed E-state index contributed by atoms with van der Waals surface area (Å²) < 4.78 is 5.30. The summed E-state index contributed by atoms with van der Waals surface area (Å²) in [4.78, 5) is 22.5. The number of hydrogen-bond donors (Lipinski definition) is 2. The molecule has 9 heteroatoms. The average molecular weight is 304 g/mol. The molecule has 0 aliphatic carbocycles. The number of morpholine rings is 1. The van der Waals surface area contributed by atoms with Gasteiger partial charge in [0, 0.05) is 25.5 Å². The van der Waals surface area contributed by atoms with Crippen LogP contribution in [-0.4, -0.2) is 51.2 Å². The Morgan fingerprint density at radius 2 is 1.59 bits per heavy atom. The van der Waals surface area contributed by atoms with Crippen LogP contribution >= 0.6 is 0 Å². The maximum atomic E-state index is 5.75. The van der Waals surface area contributed by atoms with Crippen LogP contribution in [0.3, 0.4) is 0 Å². The summed E-state index contributed by atoms with van der Waals surface area (Å²) in [5.74, 6) is 1.32. The van der Waals surface area contributed by atoms with Crippen molar-refractivity contribution in [3.63, 3.8) is 0 Å². The molecule has 22 heavy (non-hydrogen) atoms. The van der Waals surface area contributed by atoms with E-state index in [4.69, 9.17) is 16.2 Å². The number of aromatic nitrogens is 5. The van der Waals surface area contributed by atoms with E-state index in [1.807, 2.05) is 18.7 Å². The monoisotopic (exact) mass is 304 g/mol. The van der Waals surface area contributed by atoms with Crippen molar-refractivity contribution in [1.82, 2.24) is 24.9 Å². The highest BCUT2D eigenvalue weighted by Gasteiger charge is 2.16. The van der Waals surface area contributed by atoms with E-state index in [9.17, 15) is 0 Å². The zero-order chi connectivity index (χ0) is 15.9. The van der Waals surface area contributed by atoms with Crippen molar-refractivity contribution >= 4 is 17.8 Å². The first-order chi connectivity index (χ1) is 10.7. The quantitative estimate of drug-likeness (QED) is 0.807. The van der Waals surface area contributed by atoms with Crippen LogP contribution in [0.4, 0.5) is 17.8 Å². The molecular formula is C13H20N8O. The molecule has 0 amide bonds. The first-order valence-electron chi connectivity index (χ1n) is 7.14. The molecule has 3 heterocycles. The minimum Gasteiger partial charge on any atom is -0.378 e. The average Bonchev–Trinajstić information content (AvgIpc) is 2.57. The first-order valence-corrected chi connectivity index (χ1v) is 7.14. The molecule has 1 fully saturated rings.